The minimum absolute atomic E-state index is 0.416. The largest absolute Gasteiger partial charge is 0.478 e. The van der Waals surface area contributed by atoms with Crippen molar-refractivity contribution in [2.24, 2.45) is 0 Å². The van der Waals surface area contributed by atoms with Crippen LogP contribution in [0, 0.1) is 0 Å². The zero-order valence-electron chi connectivity index (χ0n) is 10.9. The summed E-state index contributed by atoms with van der Waals surface area (Å²) < 4.78 is 26.8. The van der Waals surface area contributed by atoms with E-state index in [-0.39, 0.29) is 0 Å². The first-order chi connectivity index (χ1) is 9.81. The minimum atomic E-state index is -4.04. The van der Waals surface area contributed by atoms with E-state index in [1.54, 1.807) is 31.2 Å². The van der Waals surface area contributed by atoms with Crippen LogP contribution in [0.5, 0.6) is 0 Å². The molecule has 0 aliphatic carbocycles. The monoisotopic (exact) mass is 329 g/mol. The SMILES string of the molecule is C[C@H](NS(=O)(=O)c1[nH]ncc1C(=O)O)c1cccc(Cl)c1. The summed E-state index contributed by atoms with van der Waals surface area (Å²) in [5.41, 5.74) is 0.239. The summed E-state index contributed by atoms with van der Waals surface area (Å²) in [5, 5.41) is 14.6. The molecule has 1 aromatic heterocycles. The summed E-state index contributed by atoms with van der Waals surface area (Å²) in [4.78, 5) is 11.0. The van der Waals surface area contributed by atoms with Crippen LogP contribution in [0.2, 0.25) is 5.02 Å². The Labute approximate surface area is 126 Å². The highest BCUT2D eigenvalue weighted by Gasteiger charge is 2.26. The average molecular weight is 330 g/mol. The molecule has 0 aliphatic rings. The molecule has 112 valence electrons. The maximum atomic E-state index is 12.2. The molecule has 7 nitrogen and oxygen atoms in total. The van der Waals surface area contributed by atoms with Gasteiger partial charge in [-0.1, -0.05) is 23.7 Å². The van der Waals surface area contributed by atoms with E-state index in [2.05, 4.69) is 14.9 Å². The van der Waals surface area contributed by atoms with Gasteiger partial charge in [-0.2, -0.15) is 5.10 Å². The van der Waals surface area contributed by atoms with Gasteiger partial charge in [0.25, 0.3) is 10.0 Å². The molecular formula is C12H12ClN3O4S. The van der Waals surface area contributed by atoms with Crippen LogP contribution in [0.1, 0.15) is 28.9 Å². The van der Waals surface area contributed by atoms with E-state index in [9.17, 15) is 13.2 Å². The van der Waals surface area contributed by atoms with Crippen molar-refractivity contribution in [2.75, 3.05) is 0 Å². The van der Waals surface area contributed by atoms with Crippen molar-refractivity contribution in [3.8, 4) is 0 Å². The fourth-order valence-electron chi connectivity index (χ4n) is 1.77. The number of aromatic amines is 1. The number of rotatable bonds is 5. The Morgan fingerprint density at radius 1 is 1.48 bits per heavy atom. The predicted molar refractivity (Wildman–Crippen MR) is 75.7 cm³/mol. The quantitative estimate of drug-likeness (QED) is 0.774. The first kappa shape index (κ1) is 15.5. The molecule has 0 saturated carbocycles. The molecule has 0 unspecified atom stereocenters. The van der Waals surface area contributed by atoms with Crippen molar-refractivity contribution in [1.82, 2.24) is 14.9 Å². The Morgan fingerprint density at radius 2 is 2.19 bits per heavy atom. The van der Waals surface area contributed by atoms with Gasteiger partial charge in [-0.25, -0.2) is 17.9 Å². The van der Waals surface area contributed by atoms with Crippen molar-refractivity contribution >= 4 is 27.6 Å². The number of halogens is 1. The standard InChI is InChI=1S/C12H12ClN3O4S/c1-7(8-3-2-4-9(13)5-8)16-21(19,20)11-10(12(17)18)6-14-15-11/h2-7,16H,1H3,(H,14,15)(H,17,18)/t7-/m0/s1. The number of hydrogen-bond acceptors (Lipinski definition) is 4. The zero-order chi connectivity index (χ0) is 15.6. The zero-order valence-corrected chi connectivity index (χ0v) is 12.4. The van der Waals surface area contributed by atoms with Crippen LogP contribution in [-0.4, -0.2) is 29.7 Å². The Balaban J connectivity index is 2.29. The molecule has 9 heteroatoms. The van der Waals surface area contributed by atoms with E-state index in [0.717, 1.165) is 6.20 Å². The third-order valence-corrected chi connectivity index (χ3v) is 4.53. The number of nitrogens with zero attached hydrogens (tertiary/aromatic N) is 1. The molecule has 0 radical (unpaired) electrons. The van der Waals surface area contributed by atoms with Gasteiger partial charge in [0, 0.05) is 11.1 Å². The molecule has 0 aliphatic heterocycles. The number of H-pyrrole nitrogens is 1. The molecule has 0 bridgehead atoms. The summed E-state index contributed by atoms with van der Waals surface area (Å²) in [5.74, 6) is -1.38. The average Bonchev–Trinajstić information content (AvgIpc) is 2.88. The number of aromatic nitrogens is 2. The third-order valence-electron chi connectivity index (χ3n) is 2.78. The first-order valence-electron chi connectivity index (χ1n) is 5.85. The van der Waals surface area contributed by atoms with Gasteiger partial charge in [0.1, 0.15) is 5.56 Å². The van der Waals surface area contributed by atoms with Crippen LogP contribution in [0.25, 0.3) is 0 Å². The van der Waals surface area contributed by atoms with Gasteiger partial charge in [0.05, 0.1) is 6.20 Å². The second-order valence-electron chi connectivity index (χ2n) is 4.32. The number of nitrogens with one attached hydrogen (secondary N) is 2. The third kappa shape index (κ3) is 3.41. The van der Waals surface area contributed by atoms with Gasteiger partial charge in [-0.3, -0.25) is 5.10 Å². The Hall–Kier alpha value is -1.90. The minimum Gasteiger partial charge on any atom is -0.478 e. The topological polar surface area (TPSA) is 112 Å². The smallest absolute Gasteiger partial charge is 0.340 e. The molecule has 0 saturated heterocycles. The van der Waals surface area contributed by atoms with E-state index < -0.39 is 32.6 Å². The number of carboxylic acid groups (broad SMARTS) is 1. The fraction of sp³-hybridized carbons (Fsp3) is 0.167. The van der Waals surface area contributed by atoms with Gasteiger partial charge >= 0.3 is 5.97 Å². The maximum Gasteiger partial charge on any atom is 0.340 e. The van der Waals surface area contributed by atoms with Crippen molar-refractivity contribution in [2.45, 2.75) is 18.0 Å². The highest BCUT2D eigenvalue weighted by atomic mass is 35.5. The normalized spacial score (nSPS) is 13.0. The van der Waals surface area contributed by atoms with Crippen LogP contribution in [-0.2, 0) is 10.0 Å². The summed E-state index contributed by atoms with van der Waals surface area (Å²) in [6.45, 7) is 1.63. The van der Waals surface area contributed by atoms with E-state index in [1.807, 2.05) is 0 Å². The van der Waals surface area contributed by atoms with E-state index >= 15 is 0 Å². The molecule has 1 aromatic carbocycles. The van der Waals surface area contributed by atoms with Gasteiger partial charge in [0.2, 0.25) is 0 Å². The Morgan fingerprint density at radius 3 is 2.81 bits per heavy atom. The predicted octanol–water partition coefficient (Wildman–Crippen LogP) is 1.80. The Kier molecular flexibility index (Phi) is 4.31. The molecule has 2 rings (SSSR count). The fourth-order valence-corrected chi connectivity index (χ4v) is 3.29. The second-order valence-corrected chi connectivity index (χ2v) is 6.40. The lowest BCUT2D eigenvalue weighted by molar-refractivity contribution is 0.0692. The lowest BCUT2D eigenvalue weighted by atomic mass is 10.1. The highest BCUT2D eigenvalue weighted by Crippen LogP contribution is 2.20. The number of hydrogen-bond donors (Lipinski definition) is 3. The van der Waals surface area contributed by atoms with E-state index in [1.165, 1.54) is 0 Å². The van der Waals surface area contributed by atoms with Gasteiger partial charge in [0.15, 0.2) is 5.03 Å². The Bertz CT molecular complexity index is 772. The molecule has 0 amide bonds. The van der Waals surface area contributed by atoms with Crippen molar-refractivity contribution < 1.29 is 18.3 Å². The van der Waals surface area contributed by atoms with E-state index in [0.29, 0.717) is 10.6 Å². The first-order valence-corrected chi connectivity index (χ1v) is 7.72. The molecular weight excluding hydrogens is 318 g/mol. The van der Waals surface area contributed by atoms with Gasteiger partial charge < -0.3 is 5.11 Å². The summed E-state index contributed by atoms with van der Waals surface area (Å²) in [6, 6.07) is 6.12. The van der Waals surface area contributed by atoms with Gasteiger partial charge in [-0.15, -0.1) is 0 Å². The van der Waals surface area contributed by atoms with Crippen LogP contribution in [0.3, 0.4) is 0 Å². The molecule has 1 heterocycles. The number of carboxylic acids is 1. The van der Waals surface area contributed by atoms with Crippen LogP contribution in [0.15, 0.2) is 35.5 Å². The summed E-state index contributed by atoms with van der Waals surface area (Å²) in [6.07, 6.45) is 0.945. The summed E-state index contributed by atoms with van der Waals surface area (Å²) in [7, 11) is -4.04. The van der Waals surface area contributed by atoms with Crippen molar-refractivity contribution in [1.29, 1.82) is 0 Å². The highest BCUT2D eigenvalue weighted by molar-refractivity contribution is 7.89. The molecule has 0 spiro atoms. The number of aromatic carboxylic acids is 1. The second kappa shape index (κ2) is 5.84. The molecule has 2 aromatic rings. The molecule has 1 atom stereocenters. The van der Waals surface area contributed by atoms with Crippen LogP contribution in [0.4, 0.5) is 0 Å². The molecule has 0 fully saturated rings. The van der Waals surface area contributed by atoms with Crippen LogP contribution >= 0.6 is 11.6 Å². The van der Waals surface area contributed by atoms with Crippen LogP contribution < -0.4 is 4.72 Å². The van der Waals surface area contributed by atoms with Crippen molar-refractivity contribution in [3.05, 3.63) is 46.6 Å². The number of sulfonamides is 1. The lowest BCUT2D eigenvalue weighted by Crippen LogP contribution is -2.28. The number of carbonyl (C=O) groups is 1. The number of benzene rings is 1. The molecule has 21 heavy (non-hydrogen) atoms. The van der Waals surface area contributed by atoms with E-state index in [4.69, 9.17) is 16.7 Å². The summed E-state index contributed by atoms with van der Waals surface area (Å²) >= 11 is 5.86. The lowest BCUT2D eigenvalue weighted by Gasteiger charge is -2.14. The molecule has 3 N–H and O–H groups in total. The maximum absolute atomic E-state index is 12.2. The van der Waals surface area contributed by atoms with Crippen molar-refractivity contribution in [3.63, 3.8) is 0 Å². The van der Waals surface area contributed by atoms with Gasteiger partial charge in [-0.05, 0) is 24.6 Å².